The molecular weight excluding hydrogens is 334 g/mol. The maximum absolute atomic E-state index is 13.5. The van der Waals surface area contributed by atoms with Gasteiger partial charge in [0.1, 0.15) is 6.04 Å². The third kappa shape index (κ3) is 3.59. The fourth-order valence-electron chi connectivity index (χ4n) is 4.30. The fourth-order valence-corrected chi connectivity index (χ4v) is 4.30. The van der Waals surface area contributed by atoms with Crippen molar-refractivity contribution in [2.75, 3.05) is 31.1 Å². The minimum Gasteiger partial charge on any atom is -0.329 e. The molecule has 3 rings (SSSR count). The van der Waals surface area contributed by atoms with Crippen LogP contribution in [0.4, 0.5) is 16.2 Å². The molecular formula is C23H32N3O+. The van der Waals surface area contributed by atoms with Crippen molar-refractivity contribution in [1.82, 2.24) is 4.90 Å². The van der Waals surface area contributed by atoms with Gasteiger partial charge in [0.2, 0.25) is 0 Å². The summed E-state index contributed by atoms with van der Waals surface area (Å²) in [6.07, 6.45) is 0.951. The third-order valence-electron chi connectivity index (χ3n) is 5.84. The summed E-state index contributed by atoms with van der Waals surface area (Å²) in [5, 5.41) is 0. The van der Waals surface area contributed by atoms with E-state index in [2.05, 4.69) is 50.2 Å². The molecule has 0 aliphatic carbocycles. The van der Waals surface area contributed by atoms with E-state index in [1.54, 1.807) is 4.90 Å². The Labute approximate surface area is 163 Å². The lowest BCUT2D eigenvalue weighted by molar-refractivity contribution is -0.928. The lowest BCUT2D eigenvalue weighted by Gasteiger charge is -2.31. The Kier molecular flexibility index (Phi) is 6.17. The highest BCUT2D eigenvalue weighted by molar-refractivity contribution is 6.01. The monoisotopic (exact) mass is 366 g/mol. The predicted molar refractivity (Wildman–Crippen MR) is 112 cm³/mol. The van der Waals surface area contributed by atoms with Gasteiger partial charge in [-0.15, -0.1) is 0 Å². The SMILES string of the molecule is CCN(CC)C(=O)N1c2ccccc2C[C@H]([NH+](CC)CC)c2ccccc21. The van der Waals surface area contributed by atoms with Crippen LogP contribution in [0, 0.1) is 0 Å². The van der Waals surface area contributed by atoms with Crippen molar-refractivity contribution in [2.24, 2.45) is 0 Å². The molecule has 1 atom stereocenters. The number of anilines is 2. The number of likely N-dealkylation sites (N-methyl/N-ethyl adjacent to an activating group) is 1. The fraction of sp³-hybridized carbons (Fsp3) is 0.435. The van der Waals surface area contributed by atoms with E-state index in [0.717, 1.165) is 30.9 Å². The van der Waals surface area contributed by atoms with Gasteiger partial charge in [-0.25, -0.2) is 4.79 Å². The highest BCUT2D eigenvalue weighted by Crippen LogP contribution is 2.39. The molecule has 0 saturated carbocycles. The van der Waals surface area contributed by atoms with Crippen LogP contribution in [0.2, 0.25) is 0 Å². The normalized spacial score (nSPS) is 15.9. The molecule has 1 aliphatic heterocycles. The Morgan fingerprint density at radius 1 is 0.963 bits per heavy atom. The van der Waals surface area contributed by atoms with Gasteiger partial charge >= 0.3 is 6.03 Å². The van der Waals surface area contributed by atoms with Gasteiger partial charge in [-0.3, -0.25) is 4.90 Å². The minimum absolute atomic E-state index is 0.0649. The second kappa shape index (κ2) is 8.57. The number of benzene rings is 2. The molecule has 0 bridgehead atoms. The van der Waals surface area contributed by atoms with E-state index in [4.69, 9.17) is 0 Å². The van der Waals surface area contributed by atoms with Crippen LogP contribution in [-0.2, 0) is 6.42 Å². The Morgan fingerprint density at radius 3 is 2.19 bits per heavy atom. The van der Waals surface area contributed by atoms with Gasteiger partial charge in [0.05, 0.1) is 24.5 Å². The zero-order chi connectivity index (χ0) is 19.4. The zero-order valence-corrected chi connectivity index (χ0v) is 17.0. The number of hydrogen-bond donors (Lipinski definition) is 1. The minimum atomic E-state index is 0.0649. The molecule has 0 fully saturated rings. The Balaban J connectivity index is 2.22. The number of hydrogen-bond acceptors (Lipinski definition) is 1. The largest absolute Gasteiger partial charge is 0.329 e. The van der Waals surface area contributed by atoms with Gasteiger partial charge in [-0.05, 0) is 45.4 Å². The average molecular weight is 367 g/mol. The predicted octanol–water partition coefficient (Wildman–Crippen LogP) is 3.81. The van der Waals surface area contributed by atoms with Gasteiger partial charge in [0.15, 0.2) is 0 Å². The van der Waals surface area contributed by atoms with Gasteiger partial charge in [0.25, 0.3) is 0 Å². The molecule has 0 radical (unpaired) electrons. The zero-order valence-electron chi connectivity index (χ0n) is 17.0. The number of carbonyl (C=O) groups is 1. The molecule has 4 nitrogen and oxygen atoms in total. The molecule has 0 saturated heterocycles. The van der Waals surface area contributed by atoms with Crippen LogP contribution < -0.4 is 9.80 Å². The quantitative estimate of drug-likeness (QED) is 0.856. The molecule has 144 valence electrons. The molecule has 2 amide bonds. The van der Waals surface area contributed by atoms with Crippen LogP contribution in [0.1, 0.15) is 44.9 Å². The summed E-state index contributed by atoms with van der Waals surface area (Å²) in [7, 11) is 0. The Hall–Kier alpha value is -2.33. The molecule has 0 aromatic heterocycles. The summed E-state index contributed by atoms with van der Waals surface area (Å²) >= 11 is 0. The van der Waals surface area contributed by atoms with Crippen molar-refractivity contribution in [3.05, 3.63) is 59.7 Å². The summed E-state index contributed by atoms with van der Waals surface area (Å²) < 4.78 is 0. The van der Waals surface area contributed by atoms with Crippen molar-refractivity contribution >= 4 is 17.4 Å². The van der Waals surface area contributed by atoms with E-state index in [0.29, 0.717) is 19.1 Å². The average Bonchev–Trinajstić information content (AvgIpc) is 2.84. The van der Waals surface area contributed by atoms with Crippen molar-refractivity contribution in [1.29, 1.82) is 0 Å². The number of urea groups is 1. The van der Waals surface area contributed by atoms with Gasteiger partial charge < -0.3 is 9.80 Å². The van der Waals surface area contributed by atoms with Crippen LogP contribution in [-0.4, -0.2) is 37.1 Å². The lowest BCUT2D eigenvalue weighted by Crippen LogP contribution is -3.11. The van der Waals surface area contributed by atoms with Crippen LogP contribution in [0.15, 0.2) is 48.5 Å². The number of amides is 2. The maximum Gasteiger partial charge on any atom is 0.329 e. The van der Waals surface area contributed by atoms with Crippen LogP contribution in [0.3, 0.4) is 0 Å². The summed E-state index contributed by atoms with van der Waals surface area (Å²) in [4.78, 5) is 18.9. The van der Waals surface area contributed by atoms with Crippen molar-refractivity contribution in [3.8, 4) is 0 Å². The number of carbonyl (C=O) groups excluding carboxylic acids is 1. The topological polar surface area (TPSA) is 28.0 Å². The molecule has 4 heteroatoms. The number of quaternary nitrogens is 1. The highest BCUT2D eigenvalue weighted by atomic mass is 16.2. The summed E-state index contributed by atoms with van der Waals surface area (Å²) in [5.41, 5.74) is 4.58. The van der Waals surface area contributed by atoms with Gasteiger partial charge in [-0.2, -0.15) is 0 Å². The first kappa shape index (κ1) is 19.4. The van der Waals surface area contributed by atoms with E-state index in [-0.39, 0.29) is 6.03 Å². The summed E-state index contributed by atoms with van der Waals surface area (Å²) in [5.74, 6) is 0. The number of nitrogens with zero attached hydrogens (tertiary/aromatic N) is 2. The van der Waals surface area contributed by atoms with E-state index in [1.807, 2.05) is 35.8 Å². The van der Waals surface area contributed by atoms with Gasteiger partial charge in [0, 0.05) is 25.1 Å². The first-order valence-electron chi connectivity index (χ1n) is 10.3. The smallest absolute Gasteiger partial charge is 0.329 e. The highest BCUT2D eigenvalue weighted by Gasteiger charge is 2.35. The van der Waals surface area contributed by atoms with E-state index in [1.165, 1.54) is 11.1 Å². The molecule has 1 heterocycles. The first-order valence-corrected chi connectivity index (χ1v) is 10.3. The Morgan fingerprint density at radius 2 is 1.56 bits per heavy atom. The van der Waals surface area contributed by atoms with Crippen molar-refractivity contribution in [2.45, 2.75) is 40.2 Å². The number of rotatable bonds is 5. The number of fused-ring (bicyclic) bond motifs is 2. The third-order valence-corrected chi connectivity index (χ3v) is 5.84. The lowest BCUT2D eigenvalue weighted by atomic mass is 9.97. The second-order valence-electron chi connectivity index (χ2n) is 7.10. The second-order valence-corrected chi connectivity index (χ2v) is 7.10. The van der Waals surface area contributed by atoms with Crippen LogP contribution in [0.5, 0.6) is 0 Å². The van der Waals surface area contributed by atoms with Crippen LogP contribution in [0.25, 0.3) is 0 Å². The summed E-state index contributed by atoms with van der Waals surface area (Å²) in [6, 6.07) is 17.3. The molecule has 0 spiro atoms. The number of para-hydroxylation sites is 2. The standard InChI is InChI=1S/C23H31N3O/c1-5-24(6-2)22-17-18-13-9-11-15-20(18)26(23(27)25(7-3)8-4)21-16-12-10-14-19(21)22/h9-16,22H,5-8,17H2,1-4H3/p+1/t22-/m0/s1. The number of nitrogens with one attached hydrogen (secondary N) is 1. The van der Waals surface area contributed by atoms with E-state index in [9.17, 15) is 4.79 Å². The molecule has 1 N–H and O–H groups in total. The molecule has 2 aromatic carbocycles. The Bertz CT molecular complexity index is 781. The molecule has 1 aliphatic rings. The van der Waals surface area contributed by atoms with Crippen molar-refractivity contribution < 1.29 is 9.69 Å². The maximum atomic E-state index is 13.5. The molecule has 27 heavy (non-hydrogen) atoms. The molecule has 2 aromatic rings. The first-order chi connectivity index (χ1) is 13.2. The summed E-state index contributed by atoms with van der Waals surface area (Å²) in [6.45, 7) is 12.1. The van der Waals surface area contributed by atoms with Crippen molar-refractivity contribution in [3.63, 3.8) is 0 Å². The molecule has 0 unspecified atom stereocenters. The van der Waals surface area contributed by atoms with E-state index < -0.39 is 0 Å². The van der Waals surface area contributed by atoms with Crippen LogP contribution >= 0.6 is 0 Å². The van der Waals surface area contributed by atoms with Gasteiger partial charge in [-0.1, -0.05) is 36.4 Å². The van der Waals surface area contributed by atoms with E-state index >= 15 is 0 Å².